The number of aliphatic hydroxyl groups is 1. The van der Waals surface area contributed by atoms with Crippen LogP contribution in [0.1, 0.15) is 51.8 Å². The summed E-state index contributed by atoms with van der Waals surface area (Å²) in [7, 11) is -2.19. The molecule has 1 unspecified atom stereocenters. The standard InChI is InChI=1S/C22H36N2O5Si/c1-9-11-22(27,12-10-2)18-16(29-30(7,8)21(4,5)6)13-17(28-18)24-14-15(3)19(25)23-20(24)26/h9-10,14,16-18,27H,1-2,11-13H2,3-8H3,(H,23,25,26)/t16?,17-,18+/m1/s1. The summed E-state index contributed by atoms with van der Waals surface area (Å²) in [5.74, 6) is 0. The summed E-state index contributed by atoms with van der Waals surface area (Å²) in [5.41, 5.74) is -1.81. The van der Waals surface area contributed by atoms with E-state index in [9.17, 15) is 14.7 Å². The minimum absolute atomic E-state index is 0.0317. The third kappa shape index (κ3) is 4.94. The van der Waals surface area contributed by atoms with Crippen LogP contribution in [0.15, 0.2) is 41.1 Å². The van der Waals surface area contributed by atoms with Crippen LogP contribution in [-0.4, -0.2) is 40.8 Å². The second-order valence-electron chi connectivity index (χ2n) is 9.73. The number of nitrogens with zero attached hydrogens (tertiary/aromatic N) is 1. The highest BCUT2D eigenvalue weighted by Crippen LogP contribution is 2.44. The van der Waals surface area contributed by atoms with Crippen LogP contribution >= 0.6 is 0 Å². The Morgan fingerprint density at radius 1 is 1.30 bits per heavy atom. The van der Waals surface area contributed by atoms with Gasteiger partial charge in [-0.1, -0.05) is 32.9 Å². The number of H-pyrrole nitrogens is 1. The minimum Gasteiger partial charge on any atom is -0.411 e. The first-order valence-corrected chi connectivity index (χ1v) is 13.3. The summed E-state index contributed by atoms with van der Waals surface area (Å²) in [6.07, 6.45) is 4.04. The van der Waals surface area contributed by atoms with Gasteiger partial charge in [0.05, 0.1) is 6.10 Å². The summed E-state index contributed by atoms with van der Waals surface area (Å²) >= 11 is 0. The van der Waals surface area contributed by atoms with Gasteiger partial charge in [-0.2, -0.15) is 0 Å². The second kappa shape index (κ2) is 8.78. The zero-order chi connectivity index (χ0) is 22.9. The van der Waals surface area contributed by atoms with Gasteiger partial charge in [-0.25, -0.2) is 4.79 Å². The van der Waals surface area contributed by atoms with E-state index in [1.807, 2.05) is 0 Å². The van der Waals surface area contributed by atoms with E-state index >= 15 is 0 Å². The lowest BCUT2D eigenvalue weighted by Crippen LogP contribution is -2.52. The molecule has 0 bridgehead atoms. The van der Waals surface area contributed by atoms with Gasteiger partial charge in [0.2, 0.25) is 0 Å². The predicted molar refractivity (Wildman–Crippen MR) is 121 cm³/mol. The molecule has 0 amide bonds. The molecule has 0 saturated carbocycles. The molecule has 7 nitrogen and oxygen atoms in total. The van der Waals surface area contributed by atoms with Gasteiger partial charge in [-0.15, -0.1) is 13.2 Å². The first-order chi connectivity index (χ1) is 13.8. The Labute approximate surface area is 179 Å². The van der Waals surface area contributed by atoms with Gasteiger partial charge < -0.3 is 14.3 Å². The van der Waals surface area contributed by atoms with Crippen molar-refractivity contribution >= 4 is 8.32 Å². The van der Waals surface area contributed by atoms with Crippen molar-refractivity contribution in [3.05, 3.63) is 57.9 Å². The number of aryl methyl sites for hydroxylation is 1. The molecule has 3 atom stereocenters. The molecule has 1 fully saturated rings. The van der Waals surface area contributed by atoms with Crippen LogP contribution in [-0.2, 0) is 9.16 Å². The van der Waals surface area contributed by atoms with Crippen LogP contribution in [0, 0.1) is 6.92 Å². The Balaban J connectivity index is 2.49. The fourth-order valence-electron chi connectivity index (χ4n) is 3.57. The van der Waals surface area contributed by atoms with Gasteiger partial charge in [0, 0.05) is 18.2 Å². The summed E-state index contributed by atoms with van der Waals surface area (Å²) < 4.78 is 14.3. The number of aromatic nitrogens is 2. The molecule has 0 aromatic carbocycles. The third-order valence-corrected chi connectivity index (χ3v) is 10.8. The molecule has 1 aliphatic heterocycles. The second-order valence-corrected chi connectivity index (χ2v) is 14.5. The Kier molecular flexibility index (Phi) is 7.18. The smallest absolute Gasteiger partial charge is 0.330 e. The normalized spacial score (nSPS) is 22.8. The molecular formula is C22H36N2O5Si. The quantitative estimate of drug-likeness (QED) is 0.481. The Morgan fingerprint density at radius 3 is 2.37 bits per heavy atom. The lowest BCUT2D eigenvalue weighted by molar-refractivity contribution is -0.136. The summed E-state index contributed by atoms with van der Waals surface area (Å²) in [5, 5.41) is 11.4. The van der Waals surface area contributed by atoms with Crippen molar-refractivity contribution in [2.75, 3.05) is 0 Å². The fourth-order valence-corrected chi connectivity index (χ4v) is 4.90. The molecule has 0 radical (unpaired) electrons. The van der Waals surface area contributed by atoms with E-state index in [1.54, 1.807) is 19.1 Å². The van der Waals surface area contributed by atoms with Crippen molar-refractivity contribution in [1.29, 1.82) is 0 Å². The van der Waals surface area contributed by atoms with Crippen molar-refractivity contribution in [2.24, 2.45) is 0 Å². The van der Waals surface area contributed by atoms with E-state index in [0.29, 0.717) is 24.8 Å². The van der Waals surface area contributed by atoms with Gasteiger partial charge in [0.25, 0.3) is 5.56 Å². The maximum absolute atomic E-state index is 12.4. The molecule has 168 valence electrons. The van der Waals surface area contributed by atoms with E-state index < -0.39 is 43.6 Å². The maximum atomic E-state index is 12.4. The first-order valence-electron chi connectivity index (χ1n) is 10.4. The SMILES string of the molecule is C=CCC(O)(CC=C)[C@H]1O[C@@H](n2cc(C)c(=O)[nH]c2=O)CC1O[Si](C)(C)C(C)(C)C. The fraction of sp³-hybridized carbons (Fsp3) is 0.636. The molecule has 2 N–H and O–H groups in total. The zero-order valence-corrected chi connectivity index (χ0v) is 20.0. The average Bonchev–Trinajstić information content (AvgIpc) is 3.01. The number of ether oxygens (including phenoxy) is 1. The molecule has 1 aliphatic rings. The third-order valence-electron chi connectivity index (χ3n) is 6.31. The largest absolute Gasteiger partial charge is 0.411 e. The van der Waals surface area contributed by atoms with Crippen LogP contribution in [0.4, 0.5) is 0 Å². The van der Waals surface area contributed by atoms with E-state index in [-0.39, 0.29) is 5.04 Å². The summed E-state index contributed by atoms with van der Waals surface area (Å²) in [6.45, 7) is 19.9. The van der Waals surface area contributed by atoms with Crippen LogP contribution in [0.5, 0.6) is 0 Å². The summed E-state index contributed by atoms with van der Waals surface area (Å²) in [4.78, 5) is 26.5. The molecule has 2 rings (SSSR count). The molecule has 1 aromatic heterocycles. The Bertz CT molecular complexity index is 886. The van der Waals surface area contributed by atoms with Crippen molar-refractivity contribution < 1.29 is 14.3 Å². The van der Waals surface area contributed by atoms with E-state index in [1.165, 1.54) is 10.8 Å². The maximum Gasteiger partial charge on any atom is 0.330 e. The monoisotopic (exact) mass is 436 g/mol. The molecule has 0 aliphatic carbocycles. The number of nitrogens with one attached hydrogen (secondary N) is 1. The molecule has 1 saturated heterocycles. The van der Waals surface area contributed by atoms with E-state index in [0.717, 1.165) is 0 Å². The predicted octanol–water partition coefficient (Wildman–Crippen LogP) is 3.41. The highest BCUT2D eigenvalue weighted by atomic mass is 28.4. The van der Waals surface area contributed by atoms with Gasteiger partial charge >= 0.3 is 5.69 Å². The van der Waals surface area contributed by atoms with Gasteiger partial charge in [0.1, 0.15) is 17.9 Å². The topological polar surface area (TPSA) is 93.5 Å². The lowest BCUT2D eigenvalue weighted by Gasteiger charge is -2.42. The van der Waals surface area contributed by atoms with Crippen molar-refractivity contribution in [1.82, 2.24) is 9.55 Å². The Hall–Kier alpha value is -1.74. The van der Waals surface area contributed by atoms with Crippen molar-refractivity contribution in [3.8, 4) is 0 Å². The summed E-state index contributed by atoms with van der Waals surface area (Å²) in [6, 6.07) is 0. The molecule has 1 aromatic rings. The van der Waals surface area contributed by atoms with Crippen LogP contribution in [0.2, 0.25) is 18.1 Å². The Morgan fingerprint density at radius 2 is 1.87 bits per heavy atom. The van der Waals surface area contributed by atoms with Gasteiger partial charge in [-0.3, -0.25) is 14.3 Å². The molecule has 30 heavy (non-hydrogen) atoms. The highest BCUT2D eigenvalue weighted by Gasteiger charge is 2.51. The minimum atomic E-state index is -2.19. The van der Waals surface area contributed by atoms with Crippen LogP contribution < -0.4 is 11.2 Å². The lowest BCUT2D eigenvalue weighted by atomic mass is 9.86. The average molecular weight is 437 g/mol. The number of hydrogen-bond donors (Lipinski definition) is 2. The number of rotatable bonds is 8. The van der Waals surface area contributed by atoms with Gasteiger partial charge in [0.15, 0.2) is 8.32 Å². The number of aromatic amines is 1. The molecule has 0 spiro atoms. The van der Waals surface area contributed by atoms with E-state index in [4.69, 9.17) is 9.16 Å². The number of hydrogen-bond acceptors (Lipinski definition) is 5. The molecule has 2 heterocycles. The van der Waals surface area contributed by atoms with Crippen LogP contribution in [0.3, 0.4) is 0 Å². The molecular weight excluding hydrogens is 400 g/mol. The van der Waals surface area contributed by atoms with E-state index in [2.05, 4.69) is 52.0 Å². The van der Waals surface area contributed by atoms with Crippen molar-refractivity contribution in [2.45, 2.75) is 89.1 Å². The highest BCUT2D eigenvalue weighted by molar-refractivity contribution is 6.74. The molecule has 8 heteroatoms. The first kappa shape index (κ1) is 24.5. The van der Waals surface area contributed by atoms with Crippen molar-refractivity contribution in [3.63, 3.8) is 0 Å². The van der Waals surface area contributed by atoms with Gasteiger partial charge in [-0.05, 0) is 37.9 Å². The zero-order valence-electron chi connectivity index (χ0n) is 19.0. The van der Waals surface area contributed by atoms with Crippen LogP contribution in [0.25, 0.3) is 0 Å².